The Bertz CT molecular complexity index is 1090. The SMILES string of the molecule is CCC1=C(c2ccc(Br)cc2)C=C(c2ccc(Br)cc2)N=C(c2ccccc2)C1. The van der Waals surface area contributed by atoms with E-state index in [1.807, 2.05) is 0 Å². The van der Waals surface area contributed by atoms with Crippen LogP contribution in [0.2, 0.25) is 0 Å². The van der Waals surface area contributed by atoms with Crippen molar-refractivity contribution >= 4 is 48.8 Å². The van der Waals surface area contributed by atoms with Gasteiger partial charge in [0, 0.05) is 20.9 Å². The van der Waals surface area contributed by atoms with Crippen LogP contribution < -0.4 is 0 Å². The van der Waals surface area contributed by atoms with Crippen LogP contribution in [0.3, 0.4) is 0 Å². The zero-order valence-electron chi connectivity index (χ0n) is 16.2. The van der Waals surface area contributed by atoms with E-state index in [0.29, 0.717) is 0 Å². The summed E-state index contributed by atoms with van der Waals surface area (Å²) in [4.78, 5) is 5.15. The first-order chi connectivity index (χ1) is 14.1. The van der Waals surface area contributed by atoms with E-state index >= 15 is 0 Å². The Hall–Kier alpha value is -2.23. The van der Waals surface area contributed by atoms with Gasteiger partial charge in [-0.25, -0.2) is 0 Å². The van der Waals surface area contributed by atoms with Gasteiger partial charge in [0.2, 0.25) is 0 Å². The monoisotopic (exact) mass is 505 g/mol. The number of halogens is 2. The molecule has 1 aliphatic heterocycles. The zero-order chi connectivity index (χ0) is 20.2. The molecule has 0 spiro atoms. The molecule has 1 nitrogen and oxygen atoms in total. The lowest BCUT2D eigenvalue weighted by molar-refractivity contribution is 1.06. The van der Waals surface area contributed by atoms with Crippen LogP contribution in [0.15, 0.2) is 104 Å². The molecule has 0 unspecified atom stereocenters. The molecule has 0 amide bonds. The zero-order valence-corrected chi connectivity index (χ0v) is 19.4. The highest BCUT2D eigenvalue weighted by Crippen LogP contribution is 2.34. The number of nitrogens with zero attached hydrogens (tertiary/aromatic N) is 1. The Morgan fingerprint density at radius 3 is 1.90 bits per heavy atom. The fraction of sp³-hybridized carbons (Fsp3) is 0.115. The lowest BCUT2D eigenvalue weighted by atomic mass is 9.92. The molecule has 0 aromatic heterocycles. The summed E-state index contributed by atoms with van der Waals surface area (Å²) in [5, 5.41) is 0. The fourth-order valence-electron chi connectivity index (χ4n) is 3.55. The maximum absolute atomic E-state index is 5.15. The first-order valence-corrected chi connectivity index (χ1v) is 11.3. The number of hydrogen-bond acceptors (Lipinski definition) is 1. The minimum atomic E-state index is 0.850. The van der Waals surface area contributed by atoms with E-state index in [9.17, 15) is 0 Å². The smallest absolute Gasteiger partial charge is 0.0711 e. The van der Waals surface area contributed by atoms with Gasteiger partial charge >= 0.3 is 0 Å². The van der Waals surface area contributed by atoms with Crippen LogP contribution in [0.1, 0.15) is 36.5 Å². The van der Waals surface area contributed by atoms with Crippen molar-refractivity contribution < 1.29 is 0 Å². The van der Waals surface area contributed by atoms with Crippen LogP contribution in [-0.4, -0.2) is 5.71 Å². The molecule has 3 heteroatoms. The van der Waals surface area contributed by atoms with Crippen LogP contribution in [0.5, 0.6) is 0 Å². The topological polar surface area (TPSA) is 12.4 Å². The van der Waals surface area contributed by atoms with E-state index < -0.39 is 0 Å². The standard InChI is InChI=1S/C26H21Br2N/c1-2-18-16-25(20-6-4-3-5-7-20)29-26(21-10-14-23(28)15-11-21)17-24(18)19-8-12-22(27)13-9-19/h3-15,17H,2,16H2,1H3. The van der Waals surface area contributed by atoms with E-state index in [1.54, 1.807) is 0 Å². The van der Waals surface area contributed by atoms with Gasteiger partial charge in [0.05, 0.1) is 11.4 Å². The number of aliphatic imine (C=N–C) groups is 1. The summed E-state index contributed by atoms with van der Waals surface area (Å²) >= 11 is 7.09. The molecule has 144 valence electrons. The highest BCUT2D eigenvalue weighted by atomic mass is 79.9. The number of hydrogen-bond donors (Lipinski definition) is 0. The quantitative estimate of drug-likeness (QED) is 0.337. The molecule has 0 N–H and O–H groups in total. The minimum Gasteiger partial charge on any atom is -0.252 e. The third-order valence-electron chi connectivity index (χ3n) is 5.13. The number of allylic oxidation sites excluding steroid dienone is 3. The second-order valence-electron chi connectivity index (χ2n) is 7.02. The average Bonchev–Trinajstić information content (AvgIpc) is 2.95. The Morgan fingerprint density at radius 1 is 0.724 bits per heavy atom. The fourth-order valence-corrected chi connectivity index (χ4v) is 4.08. The van der Waals surface area contributed by atoms with E-state index in [-0.39, 0.29) is 0 Å². The van der Waals surface area contributed by atoms with Gasteiger partial charge in [0.1, 0.15) is 0 Å². The van der Waals surface area contributed by atoms with Crippen molar-refractivity contribution in [3.8, 4) is 0 Å². The largest absolute Gasteiger partial charge is 0.252 e. The van der Waals surface area contributed by atoms with Crippen molar-refractivity contribution in [1.29, 1.82) is 0 Å². The Labute approximate surface area is 189 Å². The Morgan fingerprint density at radius 2 is 1.31 bits per heavy atom. The molecule has 0 fully saturated rings. The summed E-state index contributed by atoms with van der Waals surface area (Å²) in [6.45, 7) is 2.23. The highest BCUT2D eigenvalue weighted by molar-refractivity contribution is 9.10. The number of rotatable bonds is 4. The second kappa shape index (κ2) is 9.06. The maximum atomic E-state index is 5.15. The van der Waals surface area contributed by atoms with Crippen LogP contribution in [-0.2, 0) is 0 Å². The van der Waals surface area contributed by atoms with Gasteiger partial charge in [-0.15, -0.1) is 0 Å². The van der Waals surface area contributed by atoms with E-state index in [4.69, 9.17) is 4.99 Å². The van der Waals surface area contributed by atoms with E-state index in [1.165, 1.54) is 22.3 Å². The first kappa shape index (κ1) is 20.1. The van der Waals surface area contributed by atoms with Crippen molar-refractivity contribution in [2.75, 3.05) is 0 Å². The Kier molecular flexibility index (Phi) is 6.27. The lowest BCUT2D eigenvalue weighted by Crippen LogP contribution is -2.03. The molecule has 0 bridgehead atoms. The lowest BCUT2D eigenvalue weighted by Gasteiger charge is -2.11. The summed E-state index contributed by atoms with van der Waals surface area (Å²) < 4.78 is 2.16. The Balaban J connectivity index is 1.90. The number of benzene rings is 3. The third-order valence-corrected chi connectivity index (χ3v) is 6.18. The minimum absolute atomic E-state index is 0.850. The second-order valence-corrected chi connectivity index (χ2v) is 8.85. The van der Waals surface area contributed by atoms with Gasteiger partial charge in [-0.2, -0.15) is 0 Å². The summed E-state index contributed by atoms with van der Waals surface area (Å²) in [6.07, 6.45) is 4.09. The summed E-state index contributed by atoms with van der Waals surface area (Å²) in [5.74, 6) is 0. The maximum Gasteiger partial charge on any atom is 0.0711 e. The summed E-state index contributed by atoms with van der Waals surface area (Å²) in [7, 11) is 0. The molecule has 1 aliphatic rings. The van der Waals surface area contributed by atoms with Gasteiger partial charge in [0.25, 0.3) is 0 Å². The average molecular weight is 507 g/mol. The van der Waals surface area contributed by atoms with Crippen molar-refractivity contribution in [3.05, 3.63) is 116 Å². The normalized spacial score (nSPS) is 14.3. The molecule has 0 aliphatic carbocycles. The van der Waals surface area contributed by atoms with Crippen LogP contribution >= 0.6 is 31.9 Å². The molecule has 0 atom stereocenters. The summed E-state index contributed by atoms with van der Waals surface area (Å²) in [5.41, 5.74) is 8.31. The third kappa shape index (κ3) is 4.68. The van der Waals surface area contributed by atoms with Crippen molar-refractivity contribution in [3.63, 3.8) is 0 Å². The van der Waals surface area contributed by atoms with Gasteiger partial charge in [-0.3, -0.25) is 4.99 Å². The van der Waals surface area contributed by atoms with Gasteiger partial charge < -0.3 is 0 Å². The van der Waals surface area contributed by atoms with Crippen molar-refractivity contribution in [2.45, 2.75) is 19.8 Å². The molecule has 3 aromatic carbocycles. The van der Waals surface area contributed by atoms with E-state index in [2.05, 4.69) is 124 Å². The van der Waals surface area contributed by atoms with Crippen molar-refractivity contribution in [2.24, 2.45) is 4.99 Å². The van der Waals surface area contributed by atoms with Gasteiger partial charge in [-0.05, 0) is 53.5 Å². The molecule has 4 rings (SSSR count). The molecular formula is C26H21Br2N. The van der Waals surface area contributed by atoms with Gasteiger partial charge in [0.15, 0.2) is 0 Å². The first-order valence-electron chi connectivity index (χ1n) is 9.72. The van der Waals surface area contributed by atoms with E-state index in [0.717, 1.165) is 38.8 Å². The molecule has 0 saturated heterocycles. The van der Waals surface area contributed by atoms with Crippen molar-refractivity contribution in [1.82, 2.24) is 0 Å². The van der Waals surface area contributed by atoms with Crippen LogP contribution in [0, 0.1) is 0 Å². The molecule has 1 heterocycles. The predicted molar refractivity (Wildman–Crippen MR) is 131 cm³/mol. The van der Waals surface area contributed by atoms with Crippen LogP contribution in [0.4, 0.5) is 0 Å². The molecule has 0 radical (unpaired) electrons. The molecule has 29 heavy (non-hydrogen) atoms. The molecular weight excluding hydrogens is 486 g/mol. The summed E-state index contributed by atoms with van der Waals surface area (Å²) in [6, 6.07) is 27.5. The van der Waals surface area contributed by atoms with Crippen LogP contribution in [0.25, 0.3) is 11.3 Å². The molecule has 0 saturated carbocycles. The van der Waals surface area contributed by atoms with Gasteiger partial charge in [-0.1, -0.05) is 99.0 Å². The molecule has 3 aromatic rings. The highest BCUT2D eigenvalue weighted by Gasteiger charge is 2.17. The predicted octanol–water partition coefficient (Wildman–Crippen LogP) is 8.31.